The van der Waals surface area contributed by atoms with Gasteiger partial charge in [-0.3, -0.25) is 4.72 Å². The predicted molar refractivity (Wildman–Crippen MR) is 91.7 cm³/mol. The number of hydrogen-bond acceptors (Lipinski definition) is 4. The summed E-state index contributed by atoms with van der Waals surface area (Å²) in [7, 11) is -7.93. The van der Waals surface area contributed by atoms with Crippen LogP contribution in [0.4, 0.5) is 5.69 Å². The molecule has 0 bridgehead atoms. The molecule has 1 aliphatic carbocycles. The van der Waals surface area contributed by atoms with E-state index in [1.165, 1.54) is 23.8 Å². The molecule has 0 saturated heterocycles. The van der Waals surface area contributed by atoms with Gasteiger partial charge >= 0.3 is 0 Å². The van der Waals surface area contributed by atoms with Gasteiger partial charge in [0, 0.05) is 0 Å². The first-order valence-electron chi connectivity index (χ1n) is 7.54. The Balaban J connectivity index is 1.99. The zero-order chi connectivity index (χ0) is 17.4. The summed E-state index contributed by atoms with van der Waals surface area (Å²) < 4.78 is 50.8. The van der Waals surface area contributed by atoms with Gasteiger partial charge in [0.25, 0.3) is 10.0 Å². The molecule has 0 heterocycles. The Morgan fingerprint density at radius 1 is 0.875 bits per heavy atom. The highest BCUT2D eigenvalue weighted by atomic mass is 32.2. The van der Waals surface area contributed by atoms with E-state index in [-0.39, 0.29) is 15.5 Å². The van der Waals surface area contributed by atoms with Crippen molar-refractivity contribution < 1.29 is 16.8 Å². The average Bonchev–Trinajstić information content (AvgIpc) is 2.53. The lowest BCUT2D eigenvalue weighted by Crippen LogP contribution is -2.19. The maximum absolute atomic E-state index is 12.6. The van der Waals surface area contributed by atoms with Gasteiger partial charge in [0.15, 0.2) is 0 Å². The summed E-state index contributed by atoms with van der Waals surface area (Å²) in [5.41, 5.74) is 2.15. The number of anilines is 1. The number of hydrogen-bond donors (Lipinski definition) is 2. The number of fused-ring (bicyclic) bond motifs is 1. The van der Waals surface area contributed by atoms with E-state index < -0.39 is 20.0 Å². The van der Waals surface area contributed by atoms with Crippen molar-refractivity contribution in [2.24, 2.45) is 5.14 Å². The third-order valence-electron chi connectivity index (χ3n) is 4.07. The molecule has 0 saturated carbocycles. The molecule has 2 aromatic carbocycles. The number of primary sulfonamides is 1. The molecular formula is C16H18N2O4S2. The Morgan fingerprint density at radius 3 is 2.25 bits per heavy atom. The third kappa shape index (κ3) is 3.45. The molecule has 0 aliphatic heterocycles. The fraction of sp³-hybridized carbons (Fsp3) is 0.250. The van der Waals surface area contributed by atoms with Crippen LogP contribution >= 0.6 is 0 Å². The molecule has 0 unspecified atom stereocenters. The largest absolute Gasteiger partial charge is 0.278 e. The van der Waals surface area contributed by atoms with E-state index in [0.29, 0.717) is 0 Å². The third-order valence-corrected chi connectivity index (χ3v) is 6.40. The number of sulfonamides is 2. The van der Waals surface area contributed by atoms with Crippen LogP contribution in [0.5, 0.6) is 0 Å². The summed E-state index contributed by atoms with van der Waals surface area (Å²) in [6, 6.07) is 10.7. The van der Waals surface area contributed by atoms with Crippen molar-refractivity contribution in [3.63, 3.8) is 0 Å². The summed E-state index contributed by atoms with van der Waals surface area (Å²) in [6.45, 7) is 0. The molecule has 3 N–H and O–H groups in total. The van der Waals surface area contributed by atoms with Crippen molar-refractivity contribution in [3.05, 3.63) is 53.6 Å². The van der Waals surface area contributed by atoms with Crippen LogP contribution in [-0.4, -0.2) is 16.8 Å². The van der Waals surface area contributed by atoms with Crippen LogP contribution in [0.3, 0.4) is 0 Å². The molecule has 0 amide bonds. The van der Waals surface area contributed by atoms with Gasteiger partial charge in [0.2, 0.25) is 10.0 Å². The van der Waals surface area contributed by atoms with E-state index in [1.807, 2.05) is 6.07 Å². The molecule has 2 aromatic rings. The van der Waals surface area contributed by atoms with Gasteiger partial charge in [-0.15, -0.1) is 0 Å². The van der Waals surface area contributed by atoms with Crippen molar-refractivity contribution >= 4 is 25.7 Å². The SMILES string of the molecule is NS(=O)(=O)c1ccccc1NS(=O)(=O)c1ccc2c(c1)CCCC2. The van der Waals surface area contributed by atoms with Crippen LogP contribution in [0.25, 0.3) is 0 Å². The smallest absolute Gasteiger partial charge is 0.261 e. The lowest BCUT2D eigenvalue weighted by Gasteiger charge is -2.17. The van der Waals surface area contributed by atoms with E-state index in [1.54, 1.807) is 18.2 Å². The van der Waals surface area contributed by atoms with Crippen LogP contribution in [0, 0.1) is 0 Å². The van der Waals surface area contributed by atoms with Crippen LogP contribution in [0.15, 0.2) is 52.3 Å². The monoisotopic (exact) mass is 366 g/mol. The molecule has 24 heavy (non-hydrogen) atoms. The second-order valence-corrected chi connectivity index (χ2v) is 9.00. The Hall–Kier alpha value is -1.90. The van der Waals surface area contributed by atoms with E-state index in [0.717, 1.165) is 31.2 Å². The molecule has 0 fully saturated rings. The van der Waals surface area contributed by atoms with E-state index in [9.17, 15) is 16.8 Å². The number of nitrogens with two attached hydrogens (primary N) is 1. The van der Waals surface area contributed by atoms with Crippen molar-refractivity contribution in [2.75, 3.05) is 4.72 Å². The zero-order valence-corrected chi connectivity index (χ0v) is 14.5. The quantitative estimate of drug-likeness (QED) is 0.863. The van der Waals surface area contributed by atoms with Gasteiger partial charge in [-0.05, 0) is 61.1 Å². The Morgan fingerprint density at radius 2 is 1.54 bits per heavy atom. The molecule has 0 aromatic heterocycles. The Bertz CT molecular complexity index is 983. The molecule has 0 atom stereocenters. The Kier molecular flexibility index (Phi) is 4.37. The molecule has 6 nitrogen and oxygen atoms in total. The minimum atomic E-state index is -4.03. The fourth-order valence-electron chi connectivity index (χ4n) is 2.88. The first kappa shape index (κ1) is 16.9. The summed E-state index contributed by atoms with van der Waals surface area (Å²) in [5, 5.41) is 5.14. The van der Waals surface area contributed by atoms with Gasteiger partial charge < -0.3 is 0 Å². The number of rotatable bonds is 4. The van der Waals surface area contributed by atoms with Gasteiger partial charge in [-0.25, -0.2) is 22.0 Å². The number of para-hydroxylation sites is 1. The van der Waals surface area contributed by atoms with Crippen molar-refractivity contribution in [1.82, 2.24) is 0 Å². The molecule has 128 valence electrons. The second kappa shape index (κ2) is 6.19. The summed E-state index contributed by atoms with van der Waals surface area (Å²) >= 11 is 0. The molecule has 1 aliphatic rings. The normalized spacial score (nSPS) is 14.9. The maximum Gasteiger partial charge on any atom is 0.261 e. The van der Waals surface area contributed by atoms with Gasteiger partial charge in [0.05, 0.1) is 10.6 Å². The van der Waals surface area contributed by atoms with Gasteiger partial charge in [-0.2, -0.15) is 0 Å². The number of nitrogens with one attached hydrogen (secondary N) is 1. The lowest BCUT2D eigenvalue weighted by molar-refractivity contribution is 0.598. The molecular weight excluding hydrogens is 348 g/mol. The summed E-state index contributed by atoms with van der Waals surface area (Å²) in [5.74, 6) is 0. The summed E-state index contributed by atoms with van der Waals surface area (Å²) in [6.07, 6.45) is 3.96. The first-order valence-corrected chi connectivity index (χ1v) is 10.6. The van der Waals surface area contributed by atoms with Crippen LogP contribution in [-0.2, 0) is 32.9 Å². The highest BCUT2D eigenvalue weighted by molar-refractivity contribution is 7.93. The maximum atomic E-state index is 12.6. The van der Waals surface area contributed by atoms with Crippen LogP contribution < -0.4 is 9.86 Å². The highest BCUT2D eigenvalue weighted by Crippen LogP contribution is 2.27. The standard InChI is InChI=1S/C16H18N2O4S2/c17-23(19,20)16-8-4-3-7-15(16)18-24(21,22)14-10-9-12-5-1-2-6-13(12)11-14/h3-4,7-11,18H,1-2,5-6H2,(H2,17,19,20). The summed E-state index contributed by atoms with van der Waals surface area (Å²) in [4.78, 5) is -0.140. The highest BCUT2D eigenvalue weighted by Gasteiger charge is 2.21. The van der Waals surface area contributed by atoms with E-state index >= 15 is 0 Å². The minimum Gasteiger partial charge on any atom is -0.278 e. The van der Waals surface area contributed by atoms with Crippen LogP contribution in [0.1, 0.15) is 24.0 Å². The number of aryl methyl sites for hydroxylation is 2. The predicted octanol–water partition coefficient (Wildman–Crippen LogP) is 2.01. The van der Waals surface area contributed by atoms with Gasteiger partial charge in [0.1, 0.15) is 4.90 Å². The molecule has 8 heteroatoms. The van der Waals surface area contributed by atoms with E-state index in [2.05, 4.69) is 4.72 Å². The number of benzene rings is 2. The molecule has 0 radical (unpaired) electrons. The van der Waals surface area contributed by atoms with Crippen LogP contribution in [0.2, 0.25) is 0 Å². The molecule has 0 spiro atoms. The average molecular weight is 366 g/mol. The van der Waals surface area contributed by atoms with Crippen molar-refractivity contribution in [2.45, 2.75) is 35.5 Å². The minimum absolute atomic E-state index is 0.0577. The first-order chi connectivity index (χ1) is 11.3. The fourth-order valence-corrected chi connectivity index (χ4v) is 4.77. The van der Waals surface area contributed by atoms with Gasteiger partial charge in [-0.1, -0.05) is 18.2 Å². The Labute approximate surface area is 141 Å². The molecule has 3 rings (SSSR count). The second-order valence-electron chi connectivity index (χ2n) is 5.78. The lowest BCUT2D eigenvalue weighted by atomic mass is 9.92. The topological polar surface area (TPSA) is 106 Å². The van der Waals surface area contributed by atoms with E-state index in [4.69, 9.17) is 5.14 Å². The van der Waals surface area contributed by atoms with Crippen molar-refractivity contribution in [1.29, 1.82) is 0 Å². The van der Waals surface area contributed by atoms with Crippen molar-refractivity contribution in [3.8, 4) is 0 Å². The zero-order valence-electron chi connectivity index (χ0n) is 12.9.